The molecular formula is C14H15N3O2. The number of hydrogen-bond acceptors (Lipinski definition) is 4. The van der Waals surface area contributed by atoms with Gasteiger partial charge in [-0.25, -0.2) is 0 Å². The van der Waals surface area contributed by atoms with Crippen LogP contribution in [0, 0.1) is 0 Å². The first-order chi connectivity index (χ1) is 9.22. The molecule has 0 atom stereocenters. The molecule has 0 aliphatic heterocycles. The van der Waals surface area contributed by atoms with Gasteiger partial charge in [0.05, 0.1) is 0 Å². The lowest BCUT2D eigenvalue weighted by atomic mass is 9.87. The van der Waals surface area contributed by atoms with E-state index in [0.29, 0.717) is 5.69 Å². The van der Waals surface area contributed by atoms with E-state index in [-0.39, 0.29) is 23.8 Å². The summed E-state index contributed by atoms with van der Waals surface area (Å²) < 4.78 is 5.08. The Morgan fingerprint density at radius 2 is 2.05 bits per heavy atom. The zero-order valence-corrected chi connectivity index (χ0v) is 10.4. The van der Waals surface area contributed by atoms with Crippen LogP contribution in [0.15, 0.2) is 40.9 Å². The molecule has 2 aromatic rings. The topological polar surface area (TPSA) is 81.1 Å². The zero-order chi connectivity index (χ0) is 13.2. The Morgan fingerprint density at radius 3 is 2.74 bits per heavy atom. The summed E-state index contributed by atoms with van der Waals surface area (Å²) in [5.74, 6) is 0.00547. The van der Waals surface area contributed by atoms with E-state index >= 15 is 0 Å². The maximum atomic E-state index is 11.9. The van der Waals surface area contributed by atoms with Crippen molar-refractivity contribution in [2.75, 3.05) is 0 Å². The summed E-state index contributed by atoms with van der Waals surface area (Å²) >= 11 is 0. The molecule has 0 bridgehead atoms. The number of nitrogens with one attached hydrogen (secondary N) is 1. The number of rotatable bonds is 3. The van der Waals surface area contributed by atoms with E-state index in [9.17, 15) is 4.79 Å². The van der Waals surface area contributed by atoms with Crippen molar-refractivity contribution in [3.05, 3.63) is 42.2 Å². The molecule has 98 valence electrons. The van der Waals surface area contributed by atoms with Gasteiger partial charge in [0.25, 0.3) is 5.91 Å². The predicted molar refractivity (Wildman–Crippen MR) is 70.4 cm³/mol. The Hall–Kier alpha value is -2.14. The van der Waals surface area contributed by atoms with Gasteiger partial charge in [0.15, 0.2) is 0 Å². The number of aromatic nitrogens is 1. The highest BCUT2D eigenvalue weighted by Crippen LogP contribution is 2.20. The van der Waals surface area contributed by atoms with Crippen molar-refractivity contribution in [3.8, 4) is 11.3 Å². The smallest absolute Gasteiger partial charge is 0.290 e. The van der Waals surface area contributed by atoms with E-state index in [4.69, 9.17) is 10.3 Å². The summed E-state index contributed by atoms with van der Waals surface area (Å²) in [6.07, 6.45) is 1.65. The molecule has 1 aliphatic rings. The second-order valence-electron chi connectivity index (χ2n) is 4.84. The number of carbonyl (C=O) groups is 1. The zero-order valence-electron chi connectivity index (χ0n) is 10.4. The van der Waals surface area contributed by atoms with Crippen molar-refractivity contribution in [1.82, 2.24) is 10.5 Å². The van der Waals surface area contributed by atoms with Gasteiger partial charge in [-0.2, -0.15) is 0 Å². The Bertz CT molecular complexity index is 573. The van der Waals surface area contributed by atoms with Crippen LogP contribution in [0.5, 0.6) is 0 Å². The highest BCUT2D eigenvalue weighted by molar-refractivity contribution is 5.92. The molecule has 0 radical (unpaired) electrons. The minimum atomic E-state index is -0.230. The summed E-state index contributed by atoms with van der Waals surface area (Å²) in [7, 11) is 0. The van der Waals surface area contributed by atoms with Gasteiger partial charge < -0.3 is 15.6 Å². The van der Waals surface area contributed by atoms with E-state index in [2.05, 4.69) is 10.5 Å². The first kappa shape index (κ1) is 11.9. The molecule has 3 N–H and O–H groups in total. The molecule has 1 aromatic carbocycles. The van der Waals surface area contributed by atoms with Crippen molar-refractivity contribution in [1.29, 1.82) is 0 Å². The second kappa shape index (κ2) is 4.85. The molecule has 1 saturated carbocycles. The van der Waals surface area contributed by atoms with E-state index in [1.165, 1.54) is 0 Å². The first-order valence-corrected chi connectivity index (χ1v) is 6.31. The van der Waals surface area contributed by atoms with E-state index in [1.54, 1.807) is 6.07 Å². The summed E-state index contributed by atoms with van der Waals surface area (Å²) in [6, 6.07) is 11.6. The third-order valence-corrected chi connectivity index (χ3v) is 3.31. The third-order valence-electron chi connectivity index (χ3n) is 3.31. The molecule has 1 fully saturated rings. The third kappa shape index (κ3) is 2.51. The van der Waals surface area contributed by atoms with Crippen molar-refractivity contribution >= 4 is 5.91 Å². The van der Waals surface area contributed by atoms with Crippen LogP contribution in [0.4, 0.5) is 0 Å². The van der Waals surface area contributed by atoms with Crippen LogP contribution in [0.1, 0.15) is 23.4 Å². The van der Waals surface area contributed by atoms with Crippen molar-refractivity contribution in [2.24, 2.45) is 5.73 Å². The minimum absolute atomic E-state index is 0.160. The van der Waals surface area contributed by atoms with E-state index < -0.39 is 0 Å². The van der Waals surface area contributed by atoms with Crippen molar-refractivity contribution in [3.63, 3.8) is 0 Å². The number of benzene rings is 1. The number of carbonyl (C=O) groups excluding carboxylic acids is 1. The minimum Gasteiger partial charge on any atom is -0.350 e. The fraction of sp³-hybridized carbons (Fsp3) is 0.286. The van der Waals surface area contributed by atoms with Gasteiger partial charge in [0, 0.05) is 23.7 Å². The molecule has 5 heteroatoms. The molecule has 0 unspecified atom stereocenters. The summed E-state index contributed by atoms with van der Waals surface area (Å²) in [5, 5.41) is 6.79. The molecule has 1 amide bonds. The lowest BCUT2D eigenvalue weighted by Crippen LogP contribution is -2.50. The second-order valence-corrected chi connectivity index (χ2v) is 4.84. The lowest BCUT2D eigenvalue weighted by molar-refractivity contribution is 0.0872. The molecular weight excluding hydrogens is 242 g/mol. The highest BCUT2D eigenvalue weighted by atomic mass is 16.5. The first-order valence-electron chi connectivity index (χ1n) is 6.31. The summed E-state index contributed by atoms with van der Waals surface area (Å²) in [4.78, 5) is 11.9. The fourth-order valence-corrected chi connectivity index (χ4v) is 2.16. The quantitative estimate of drug-likeness (QED) is 0.874. The average Bonchev–Trinajstić information content (AvgIpc) is 2.87. The number of hydrogen-bond donors (Lipinski definition) is 2. The number of nitrogens with zero attached hydrogens (tertiary/aromatic N) is 1. The SMILES string of the molecule is NC1CC(NC(=O)c2cc(-c3ccccc3)no2)C1. The van der Waals surface area contributed by atoms with Crippen LogP contribution in [0.2, 0.25) is 0 Å². The van der Waals surface area contributed by atoms with E-state index in [1.807, 2.05) is 30.3 Å². The largest absolute Gasteiger partial charge is 0.350 e. The standard InChI is InChI=1S/C14H15N3O2/c15-10-6-11(7-10)16-14(18)13-8-12(17-19-13)9-4-2-1-3-5-9/h1-5,8,10-11H,6-7,15H2,(H,16,18). The van der Waals surface area contributed by atoms with Crippen LogP contribution in [0.3, 0.4) is 0 Å². The summed E-state index contributed by atoms with van der Waals surface area (Å²) in [6.45, 7) is 0. The number of amides is 1. The normalized spacial score (nSPS) is 21.7. The van der Waals surface area contributed by atoms with Gasteiger partial charge in [0.1, 0.15) is 5.69 Å². The van der Waals surface area contributed by atoms with Gasteiger partial charge in [-0.1, -0.05) is 35.5 Å². The van der Waals surface area contributed by atoms with Crippen LogP contribution in [-0.4, -0.2) is 23.1 Å². The Morgan fingerprint density at radius 1 is 1.32 bits per heavy atom. The summed E-state index contributed by atoms with van der Waals surface area (Å²) in [5.41, 5.74) is 7.27. The van der Waals surface area contributed by atoms with Gasteiger partial charge in [-0.3, -0.25) is 4.79 Å². The Balaban J connectivity index is 1.69. The highest BCUT2D eigenvalue weighted by Gasteiger charge is 2.28. The monoisotopic (exact) mass is 257 g/mol. The molecule has 1 aromatic heterocycles. The predicted octanol–water partition coefficient (Wildman–Crippen LogP) is 1.56. The maximum absolute atomic E-state index is 11.9. The number of nitrogens with two attached hydrogens (primary N) is 1. The van der Waals surface area contributed by atoms with Gasteiger partial charge in [-0.15, -0.1) is 0 Å². The molecule has 3 rings (SSSR count). The van der Waals surface area contributed by atoms with Gasteiger partial charge >= 0.3 is 0 Å². The van der Waals surface area contributed by atoms with Crippen molar-refractivity contribution < 1.29 is 9.32 Å². The van der Waals surface area contributed by atoms with Gasteiger partial charge in [-0.05, 0) is 12.8 Å². The Kier molecular flexibility index (Phi) is 3.05. The lowest BCUT2D eigenvalue weighted by Gasteiger charge is -2.32. The molecule has 19 heavy (non-hydrogen) atoms. The van der Waals surface area contributed by atoms with Crippen molar-refractivity contribution in [2.45, 2.75) is 24.9 Å². The average molecular weight is 257 g/mol. The molecule has 5 nitrogen and oxygen atoms in total. The Labute approximate surface area is 110 Å². The molecule has 1 aliphatic carbocycles. The van der Waals surface area contributed by atoms with Gasteiger partial charge in [0.2, 0.25) is 5.76 Å². The molecule has 0 spiro atoms. The fourth-order valence-electron chi connectivity index (χ4n) is 2.16. The molecule has 0 saturated heterocycles. The van der Waals surface area contributed by atoms with E-state index in [0.717, 1.165) is 18.4 Å². The molecule has 1 heterocycles. The maximum Gasteiger partial charge on any atom is 0.290 e. The van der Waals surface area contributed by atoms with Crippen LogP contribution >= 0.6 is 0 Å². The van der Waals surface area contributed by atoms with Crippen LogP contribution < -0.4 is 11.1 Å². The van der Waals surface area contributed by atoms with Crippen LogP contribution in [-0.2, 0) is 0 Å². The van der Waals surface area contributed by atoms with Crippen LogP contribution in [0.25, 0.3) is 11.3 Å².